The zero-order valence-corrected chi connectivity index (χ0v) is 9.49. The molecule has 1 N–H and O–H groups in total. The summed E-state index contributed by atoms with van der Waals surface area (Å²) >= 11 is 0. The van der Waals surface area contributed by atoms with E-state index in [1.165, 1.54) is 0 Å². The van der Waals surface area contributed by atoms with Crippen molar-refractivity contribution in [3.05, 3.63) is 0 Å². The fourth-order valence-electron chi connectivity index (χ4n) is 2.19. The molecule has 4 heteroatoms. The van der Waals surface area contributed by atoms with Crippen LogP contribution in [0.5, 0.6) is 0 Å². The highest BCUT2D eigenvalue weighted by molar-refractivity contribution is 5.75. The van der Waals surface area contributed by atoms with E-state index in [2.05, 4.69) is 16.3 Å². The summed E-state index contributed by atoms with van der Waals surface area (Å²) < 4.78 is 0. The predicted molar refractivity (Wildman–Crippen MR) is 58.1 cm³/mol. The van der Waals surface area contributed by atoms with Gasteiger partial charge in [0.1, 0.15) is 0 Å². The zero-order valence-electron chi connectivity index (χ0n) is 9.49. The fraction of sp³-hybridized carbons (Fsp3) is 0.818. The van der Waals surface area contributed by atoms with Gasteiger partial charge in [0.15, 0.2) is 0 Å². The molecule has 84 valence electrons. The summed E-state index contributed by atoms with van der Waals surface area (Å²) in [4.78, 5) is 13.2. The molecule has 0 aromatic carbocycles. The van der Waals surface area contributed by atoms with E-state index < -0.39 is 0 Å². The van der Waals surface area contributed by atoms with Crippen LogP contribution in [0.3, 0.4) is 0 Å². The summed E-state index contributed by atoms with van der Waals surface area (Å²) in [6.45, 7) is 0.739. The first-order valence-electron chi connectivity index (χ1n) is 5.49. The summed E-state index contributed by atoms with van der Waals surface area (Å²) in [7, 11) is 3.65. The number of nitrogens with one attached hydrogen (secondary N) is 1. The first kappa shape index (κ1) is 12.0. The number of nitriles is 1. The van der Waals surface area contributed by atoms with Crippen molar-refractivity contribution in [1.29, 1.82) is 5.26 Å². The number of nitrogens with zero attached hydrogens (tertiary/aromatic N) is 2. The van der Waals surface area contributed by atoms with Crippen LogP contribution in [0.15, 0.2) is 0 Å². The molecule has 1 rings (SSSR count). The Morgan fingerprint density at radius 1 is 1.60 bits per heavy atom. The molecule has 15 heavy (non-hydrogen) atoms. The van der Waals surface area contributed by atoms with Crippen LogP contribution in [0.2, 0.25) is 0 Å². The van der Waals surface area contributed by atoms with E-state index >= 15 is 0 Å². The van der Waals surface area contributed by atoms with Crippen LogP contribution in [-0.2, 0) is 4.79 Å². The van der Waals surface area contributed by atoms with E-state index in [1.807, 2.05) is 7.05 Å². The Morgan fingerprint density at radius 2 is 2.33 bits per heavy atom. The van der Waals surface area contributed by atoms with E-state index in [4.69, 9.17) is 5.26 Å². The first-order valence-corrected chi connectivity index (χ1v) is 5.49. The molecule has 2 unspecified atom stereocenters. The third-order valence-corrected chi connectivity index (χ3v) is 3.18. The molecule has 1 aliphatic rings. The third-order valence-electron chi connectivity index (χ3n) is 3.18. The first-order chi connectivity index (χ1) is 7.19. The molecule has 0 bridgehead atoms. The van der Waals surface area contributed by atoms with Crippen LogP contribution < -0.4 is 5.32 Å². The molecule has 0 aromatic rings. The smallest absolute Gasteiger partial charge is 0.221 e. The normalized spacial score (nSPS) is 25.2. The Labute approximate surface area is 91.2 Å². The highest BCUT2D eigenvalue weighted by Crippen LogP contribution is 2.28. The second kappa shape index (κ2) is 5.72. The van der Waals surface area contributed by atoms with E-state index in [0.29, 0.717) is 12.5 Å². The Kier molecular flexibility index (Phi) is 4.57. The lowest BCUT2D eigenvalue weighted by atomic mass is 10.0. The van der Waals surface area contributed by atoms with Crippen molar-refractivity contribution in [2.45, 2.75) is 31.7 Å². The Morgan fingerprint density at radius 3 is 2.93 bits per heavy atom. The molecule has 0 radical (unpaired) electrons. The van der Waals surface area contributed by atoms with Gasteiger partial charge < -0.3 is 10.2 Å². The van der Waals surface area contributed by atoms with Crippen molar-refractivity contribution in [3.8, 4) is 6.07 Å². The molecule has 0 saturated heterocycles. The SMILES string of the molecule is CNC(=O)CCN(C)C1CCCC1C#N. The summed E-state index contributed by atoms with van der Waals surface area (Å²) in [6, 6.07) is 2.70. The van der Waals surface area contributed by atoms with Gasteiger partial charge in [0.25, 0.3) is 0 Å². The maximum absolute atomic E-state index is 11.1. The number of amides is 1. The second-order valence-corrected chi connectivity index (χ2v) is 4.14. The summed E-state index contributed by atoms with van der Waals surface area (Å²) in [6.07, 6.45) is 3.74. The van der Waals surface area contributed by atoms with Crippen LogP contribution in [0.1, 0.15) is 25.7 Å². The van der Waals surface area contributed by atoms with Gasteiger partial charge in [-0.25, -0.2) is 0 Å². The van der Waals surface area contributed by atoms with Gasteiger partial charge in [-0.1, -0.05) is 6.42 Å². The van der Waals surface area contributed by atoms with Gasteiger partial charge in [-0.3, -0.25) is 4.79 Å². The average Bonchev–Trinajstić information content (AvgIpc) is 2.73. The van der Waals surface area contributed by atoms with Crippen molar-refractivity contribution < 1.29 is 4.79 Å². The summed E-state index contributed by atoms with van der Waals surface area (Å²) in [5.74, 6) is 0.216. The predicted octanol–water partition coefficient (Wildman–Crippen LogP) is 0.747. The molecule has 0 aliphatic heterocycles. The molecule has 2 atom stereocenters. The van der Waals surface area contributed by atoms with Crippen LogP contribution in [0, 0.1) is 17.2 Å². The van der Waals surface area contributed by atoms with Crippen LogP contribution in [0.4, 0.5) is 0 Å². The molecule has 1 saturated carbocycles. The van der Waals surface area contributed by atoms with E-state index in [0.717, 1.165) is 25.8 Å². The molecular formula is C11H19N3O. The van der Waals surface area contributed by atoms with Gasteiger partial charge in [0.2, 0.25) is 5.91 Å². The number of rotatable bonds is 4. The molecule has 4 nitrogen and oxygen atoms in total. The zero-order chi connectivity index (χ0) is 11.3. The Hall–Kier alpha value is -1.08. The van der Waals surface area contributed by atoms with E-state index in [1.54, 1.807) is 7.05 Å². The van der Waals surface area contributed by atoms with Gasteiger partial charge in [-0.05, 0) is 19.9 Å². The molecule has 1 aliphatic carbocycles. The topological polar surface area (TPSA) is 56.1 Å². The second-order valence-electron chi connectivity index (χ2n) is 4.14. The van der Waals surface area contributed by atoms with Crippen molar-refractivity contribution in [2.24, 2.45) is 5.92 Å². The van der Waals surface area contributed by atoms with E-state index in [-0.39, 0.29) is 11.8 Å². The standard InChI is InChI=1S/C11H19N3O/c1-13-11(15)6-7-14(2)10-5-3-4-9(10)8-12/h9-10H,3-7H2,1-2H3,(H,13,15). The number of hydrogen-bond acceptors (Lipinski definition) is 3. The van der Waals surface area contributed by atoms with Gasteiger partial charge in [-0.15, -0.1) is 0 Å². The lowest BCUT2D eigenvalue weighted by Gasteiger charge is -2.26. The van der Waals surface area contributed by atoms with Crippen LogP contribution >= 0.6 is 0 Å². The largest absolute Gasteiger partial charge is 0.359 e. The minimum atomic E-state index is 0.0633. The molecule has 0 aromatic heterocycles. The van der Waals surface area contributed by atoms with Gasteiger partial charge >= 0.3 is 0 Å². The van der Waals surface area contributed by atoms with Crippen molar-refractivity contribution in [2.75, 3.05) is 20.6 Å². The highest BCUT2D eigenvalue weighted by atomic mass is 16.1. The minimum absolute atomic E-state index is 0.0633. The van der Waals surface area contributed by atoms with E-state index in [9.17, 15) is 4.79 Å². The molecule has 0 spiro atoms. The van der Waals surface area contributed by atoms with Gasteiger partial charge in [0.05, 0.1) is 12.0 Å². The molecular weight excluding hydrogens is 190 g/mol. The number of hydrogen-bond donors (Lipinski definition) is 1. The molecule has 0 heterocycles. The summed E-state index contributed by atoms with van der Waals surface area (Å²) in [5, 5.41) is 11.6. The molecule has 1 amide bonds. The summed E-state index contributed by atoms with van der Waals surface area (Å²) in [5.41, 5.74) is 0. The van der Waals surface area contributed by atoms with Crippen molar-refractivity contribution >= 4 is 5.91 Å². The molecule has 1 fully saturated rings. The number of carbonyl (C=O) groups is 1. The average molecular weight is 209 g/mol. The van der Waals surface area contributed by atoms with Crippen molar-refractivity contribution in [3.63, 3.8) is 0 Å². The maximum Gasteiger partial charge on any atom is 0.221 e. The van der Waals surface area contributed by atoms with Gasteiger partial charge in [0, 0.05) is 26.1 Å². The lowest BCUT2D eigenvalue weighted by Crippen LogP contribution is -2.36. The van der Waals surface area contributed by atoms with Crippen molar-refractivity contribution in [1.82, 2.24) is 10.2 Å². The monoisotopic (exact) mass is 209 g/mol. The Balaban J connectivity index is 2.36. The number of carbonyl (C=O) groups excluding carboxylic acids is 1. The fourth-order valence-corrected chi connectivity index (χ4v) is 2.19. The van der Waals surface area contributed by atoms with Crippen LogP contribution in [0.25, 0.3) is 0 Å². The minimum Gasteiger partial charge on any atom is -0.359 e. The maximum atomic E-state index is 11.1. The quantitative estimate of drug-likeness (QED) is 0.743. The Bertz CT molecular complexity index is 259. The van der Waals surface area contributed by atoms with Crippen LogP contribution in [-0.4, -0.2) is 37.5 Å². The lowest BCUT2D eigenvalue weighted by molar-refractivity contribution is -0.121. The van der Waals surface area contributed by atoms with Gasteiger partial charge in [-0.2, -0.15) is 5.26 Å². The third kappa shape index (κ3) is 3.21. The highest BCUT2D eigenvalue weighted by Gasteiger charge is 2.30.